The number of likely N-dealkylation sites (tertiary alicyclic amines) is 1. The van der Waals surface area contributed by atoms with Crippen LogP contribution in [0.2, 0.25) is 0 Å². The second kappa shape index (κ2) is 7.38. The normalized spacial score (nSPS) is 18.0. The fourth-order valence-electron chi connectivity index (χ4n) is 3.02. The van der Waals surface area contributed by atoms with Gasteiger partial charge in [0.1, 0.15) is 0 Å². The molecule has 0 aliphatic carbocycles. The molecule has 1 heterocycles. The molecule has 0 bridgehead atoms. The van der Waals surface area contributed by atoms with Crippen molar-refractivity contribution in [2.75, 3.05) is 26.7 Å². The zero-order valence-electron chi connectivity index (χ0n) is 12.8. The second-order valence-corrected chi connectivity index (χ2v) is 6.68. The molecule has 2 rings (SSSR count). The van der Waals surface area contributed by atoms with Gasteiger partial charge in [-0.05, 0) is 38.4 Å². The molecule has 1 fully saturated rings. The topological polar surface area (TPSA) is 49.6 Å². The number of likely N-dealkylation sites (N-methyl/N-ethyl adjacent to an activating group) is 1. The van der Waals surface area contributed by atoms with E-state index in [4.69, 9.17) is 5.73 Å². The van der Waals surface area contributed by atoms with Crippen molar-refractivity contribution in [3.63, 3.8) is 0 Å². The van der Waals surface area contributed by atoms with Crippen LogP contribution in [-0.2, 0) is 4.79 Å². The Kier molecular flexibility index (Phi) is 5.79. The number of benzene rings is 1. The molecular weight excluding hydrogens is 330 g/mol. The van der Waals surface area contributed by atoms with E-state index in [1.165, 1.54) is 0 Å². The van der Waals surface area contributed by atoms with Crippen LogP contribution in [0.15, 0.2) is 28.7 Å². The Morgan fingerprint density at radius 3 is 2.57 bits per heavy atom. The number of carbonyl (C=O) groups excluding carboxylic acids is 1. The molecule has 4 nitrogen and oxygen atoms in total. The highest BCUT2D eigenvalue weighted by atomic mass is 79.9. The molecule has 2 N–H and O–H groups in total. The summed E-state index contributed by atoms with van der Waals surface area (Å²) < 4.78 is 1.03. The van der Waals surface area contributed by atoms with Crippen LogP contribution in [0.25, 0.3) is 0 Å². The summed E-state index contributed by atoms with van der Waals surface area (Å²) in [6.45, 7) is 4.18. The van der Waals surface area contributed by atoms with Crippen molar-refractivity contribution in [2.45, 2.75) is 31.8 Å². The highest BCUT2D eigenvalue weighted by Gasteiger charge is 2.27. The van der Waals surface area contributed by atoms with E-state index in [-0.39, 0.29) is 18.0 Å². The average Bonchev–Trinajstić information content (AvgIpc) is 2.95. The Morgan fingerprint density at radius 1 is 1.38 bits per heavy atom. The minimum atomic E-state index is -0.0555. The number of amides is 1. The van der Waals surface area contributed by atoms with E-state index in [9.17, 15) is 4.79 Å². The van der Waals surface area contributed by atoms with E-state index in [2.05, 4.69) is 26.9 Å². The molecule has 0 radical (unpaired) electrons. The number of nitrogens with two attached hydrogens (primary N) is 1. The third kappa shape index (κ3) is 4.05. The Morgan fingerprint density at radius 2 is 2.00 bits per heavy atom. The Bertz CT molecular complexity index is 486. The highest BCUT2D eigenvalue weighted by Crippen LogP contribution is 2.29. The first-order valence-electron chi connectivity index (χ1n) is 7.48. The number of rotatable bonds is 5. The number of hydrogen-bond donors (Lipinski definition) is 1. The molecule has 1 aromatic carbocycles. The minimum absolute atomic E-state index is 0.0205. The fourth-order valence-corrected chi connectivity index (χ4v) is 3.53. The summed E-state index contributed by atoms with van der Waals surface area (Å²) in [6, 6.07) is 8.04. The summed E-state index contributed by atoms with van der Waals surface area (Å²) >= 11 is 3.59. The van der Waals surface area contributed by atoms with Crippen molar-refractivity contribution in [3.05, 3.63) is 34.3 Å². The van der Waals surface area contributed by atoms with Gasteiger partial charge in [-0.1, -0.05) is 34.1 Å². The summed E-state index contributed by atoms with van der Waals surface area (Å²) in [5, 5.41) is 0. The fraction of sp³-hybridized carbons (Fsp3) is 0.562. The van der Waals surface area contributed by atoms with E-state index in [1.54, 1.807) is 0 Å². The van der Waals surface area contributed by atoms with E-state index < -0.39 is 0 Å². The Labute approximate surface area is 135 Å². The molecule has 2 atom stereocenters. The lowest BCUT2D eigenvalue weighted by molar-refractivity contribution is -0.131. The van der Waals surface area contributed by atoms with Gasteiger partial charge in [0, 0.05) is 23.6 Å². The van der Waals surface area contributed by atoms with Crippen LogP contribution in [0.4, 0.5) is 0 Å². The lowest BCUT2D eigenvalue weighted by atomic mass is 9.99. The molecule has 1 amide bonds. The molecule has 5 heteroatoms. The molecule has 1 aromatic rings. The zero-order chi connectivity index (χ0) is 15.4. The molecule has 21 heavy (non-hydrogen) atoms. The van der Waals surface area contributed by atoms with E-state index >= 15 is 0 Å². The maximum Gasteiger partial charge on any atom is 0.236 e. The highest BCUT2D eigenvalue weighted by molar-refractivity contribution is 9.10. The standard InChI is InChI=1S/C16H24BrN3O/c1-12(18)16(13-7-3-4-8-14(13)17)19(2)11-15(21)20-9-5-6-10-20/h3-4,7-8,12,16H,5-6,9-11,18H2,1-2H3. The van der Waals surface area contributed by atoms with Crippen molar-refractivity contribution in [1.82, 2.24) is 9.80 Å². The van der Waals surface area contributed by atoms with Crippen LogP contribution in [0.5, 0.6) is 0 Å². The van der Waals surface area contributed by atoms with Crippen LogP contribution < -0.4 is 5.73 Å². The number of carbonyl (C=O) groups is 1. The first-order valence-corrected chi connectivity index (χ1v) is 8.28. The van der Waals surface area contributed by atoms with Crippen molar-refractivity contribution in [2.24, 2.45) is 5.73 Å². The SMILES string of the molecule is CC(N)C(c1ccccc1Br)N(C)CC(=O)N1CCCC1. The monoisotopic (exact) mass is 353 g/mol. The minimum Gasteiger partial charge on any atom is -0.342 e. The molecule has 2 unspecified atom stereocenters. The van der Waals surface area contributed by atoms with Gasteiger partial charge in [-0.15, -0.1) is 0 Å². The van der Waals surface area contributed by atoms with E-state index in [1.807, 2.05) is 37.1 Å². The molecule has 0 saturated carbocycles. The van der Waals surface area contributed by atoms with Gasteiger partial charge in [-0.3, -0.25) is 9.69 Å². The maximum atomic E-state index is 12.3. The summed E-state index contributed by atoms with van der Waals surface area (Å²) in [5.41, 5.74) is 7.31. The summed E-state index contributed by atoms with van der Waals surface area (Å²) in [4.78, 5) is 16.3. The largest absolute Gasteiger partial charge is 0.342 e. The van der Waals surface area contributed by atoms with E-state index in [0.29, 0.717) is 6.54 Å². The van der Waals surface area contributed by atoms with Gasteiger partial charge < -0.3 is 10.6 Å². The molecule has 0 aromatic heterocycles. The Balaban J connectivity index is 2.11. The molecule has 1 saturated heterocycles. The predicted octanol–water partition coefficient (Wildman–Crippen LogP) is 2.39. The van der Waals surface area contributed by atoms with Crippen LogP contribution in [-0.4, -0.2) is 48.4 Å². The third-order valence-corrected chi connectivity index (χ3v) is 4.76. The van der Waals surface area contributed by atoms with Crippen LogP contribution in [0.3, 0.4) is 0 Å². The lowest BCUT2D eigenvalue weighted by Crippen LogP contribution is -2.43. The van der Waals surface area contributed by atoms with Gasteiger partial charge in [0.15, 0.2) is 0 Å². The Hall–Kier alpha value is -0.910. The summed E-state index contributed by atoms with van der Waals surface area (Å²) in [5.74, 6) is 0.202. The lowest BCUT2D eigenvalue weighted by Gasteiger charge is -2.32. The first-order chi connectivity index (χ1) is 10.0. The van der Waals surface area contributed by atoms with Gasteiger partial charge in [0.05, 0.1) is 12.6 Å². The van der Waals surface area contributed by atoms with Crippen molar-refractivity contribution < 1.29 is 4.79 Å². The molecule has 0 spiro atoms. The van der Waals surface area contributed by atoms with Crippen molar-refractivity contribution in [3.8, 4) is 0 Å². The van der Waals surface area contributed by atoms with Gasteiger partial charge in [0.25, 0.3) is 0 Å². The second-order valence-electron chi connectivity index (χ2n) is 5.83. The quantitative estimate of drug-likeness (QED) is 0.883. The van der Waals surface area contributed by atoms with E-state index in [0.717, 1.165) is 36.0 Å². The van der Waals surface area contributed by atoms with Gasteiger partial charge in [0.2, 0.25) is 5.91 Å². The van der Waals surface area contributed by atoms with Crippen molar-refractivity contribution >= 4 is 21.8 Å². The number of halogens is 1. The van der Waals surface area contributed by atoms with Gasteiger partial charge in [-0.25, -0.2) is 0 Å². The molecular formula is C16H24BrN3O. The van der Waals surface area contributed by atoms with Crippen molar-refractivity contribution in [1.29, 1.82) is 0 Å². The predicted molar refractivity (Wildman–Crippen MR) is 89.0 cm³/mol. The number of hydrogen-bond acceptors (Lipinski definition) is 3. The summed E-state index contributed by atoms with van der Waals surface area (Å²) in [7, 11) is 1.97. The maximum absolute atomic E-state index is 12.3. The third-order valence-electron chi connectivity index (χ3n) is 4.04. The van der Waals surface area contributed by atoms with Gasteiger partial charge in [-0.2, -0.15) is 0 Å². The average molecular weight is 354 g/mol. The molecule has 1 aliphatic heterocycles. The molecule has 1 aliphatic rings. The van der Waals surface area contributed by atoms with Crippen LogP contribution in [0, 0.1) is 0 Å². The molecule has 116 valence electrons. The van der Waals surface area contributed by atoms with Gasteiger partial charge >= 0.3 is 0 Å². The summed E-state index contributed by atoms with van der Waals surface area (Å²) in [6.07, 6.45) is 2.24. The van der Waals surface area contributed by atoms with Crippen LogP contribution >= 0.6 is 15.9 Å². The zero-order valence-corrected chi connectivity index (χ0v) is 14.3. The smallest absolute Gasteiger partial charge is 0.236 e. The van der Waals surface area contributed by atoms with Crippen LogP contribution in [0.1, 0.15) is 31.4 Å². The first kappa shape index (κ1) is 16.5. The number of nitrogens with zero attached hydrogens (tertiary/aromatic N) is 2.